The molecule has 0 radical (unpaired) electrons. The van der Waals surface area contributed by atoms with Crippen molar-refractivity contribution >= 4 is 11.9 Å². The van der Waals surface area contributed by atoms with Gasteiger partial charge in [0.1, 0.15) is 0 Å². The molecule has 0 amide bonds. The minimum atomic E-state index is 0.796. The Kier molecular flexibility index (Phi) is 4.84. The fraction of sp³-hybridized carbons (Fsp3) is 0.647. The molecule has 1 aliphatic carbocycles. The second-order valence-corrected chi connectivity index (χ2v) is 7.37. The molecule has 1 heterocycles. The highest BCUT2D eigenvalue weighted by Crippen LogP contribution is 2.35. The minimum Gasteiger partial charge on any atom is -0.250 e. The van der Waals surface area contributed by atoms with E-state index in [-0.39, 0.29) is 0 Å². The summed E-state index contributed by atoms with van der Waals surface area (Å²) in [5.41, 5.74) is 1.55. The Morgan fingerprint density at radius 3 is 2.21 bits per heavy atom. The first-order valence-electron chi connectivity index (χ1n) is 7.88. The maximum Gasteiger partial charge on any atom is 0.0195 e. The summed E-state index contributed by atoms with van der Waals surface area (Å²) < 4.78 is 2.65. The number of hydrogen-bond donors (Lipinski definition) is 0. The van der Waals surface area contributed by atoms with Crippen LogP contribution in [-0.4, -0.2) is 22.6 Å². The third-order valence-electron chi connectivity index (χ3n) is 4.58. The molecule has 0 unspecified atom stereocenters. The molecule has 3 rings (SSSR count). The third-order valence-corrected chi connectivity index (χ3v) is 6.01. The summed E-state index contributed by atoms with van der Waals surface area (Å²) >= 11 is 2.17. The van der Waals surface area contributed by atoms with Gasteiger partial charge in [-0.3, -0.25) is 4.31 Å². The number of rotatable bonds is 3. The molecule has 2 fully saturated rings. The van der Waals surface area contributed by atoms with Crippen molar-refractivity contribution in [3.05, 3.63) is 35.9 Å². The molecule has 0 N–H and O–H groups in total. The van der Waals surface area contributed by atoms with Crippen LogP contribution in [0.1, 0.15) is 56.4 Å². The van der Waals surface area contributed by atoms with Crippen LogP contribution in [0.5, 0.6) is 0 Å². The van der Waals surface area contributed by atoms with Gasteiger partial charge in [0, 0.05) is 18.3 Å². The number of hydrogen-bond acceptors (Lipinski definition) is 2. The van der Waals surface area contributed by atoms with Crippen LogP contribution in [0.2, 0.25) is 0 Å². The number of nitrogens with zero attached hydrogens (tertiary/aromatic N) is 1. The summed E-state index contributed by atoms with van der Waals surface area (Å²) in [6.07, 6.45) is 9.95. The zero-order valence-corrected chi connectivity index (χ0v) is 12.6. The maximum atomic E-state index is 2.65. The molecule has 1 saturated carbocycles. The van der Waals surface area contributed by atoms with E-state index in [0.29, 0.717) is 0 Å². The van der Waals surface area contributed by atoms with E-state index in [1.54, 1.807) is 5.56 Å². The second kappa shape index (κ2) is 6.81. The molecule has 19 heavy (non-hydrogen) atoms. The van der Waals surface area contributed by atoms with Gasteiger partial charge in [0.15, 0.2) is 0 Å². The molecule has 0 aromatic heterocycles. The first-order valence-corrected chi connectivity index (χ1v) is 8.72. The number of piperidine rings is 1. The maximum absolute atomic E-state index is 2.65. The van der Waals surface area contributed by atoms with Crippen molar-refractivity contribution in [2.75, 3.05) is 13.1 Å². The molecule has 2 heteroatoms. The van der Waals surface area contributed by atoms with Gasteiger partial charge in [0.05, 0.1) is 0 Å². The van der Waals surface area contributed by atoms with Crippen molar-refractivity contribution in [1.29, 1.82) is 0 Å². The summed E-state index contributed by atoms with van der Waals surface area (Å²) in [6.45, 7) is 2.56. The lowest BCUT2D eigenvalue weighted by atomic mass is 9.90. The highest BCUT2D eigenvalue weighted by Gasteiger charge is 2.24. The molecule has 1 aromatic rings. The molecule has 104 valence electrons. The second-order valence-electron chi connectivity index (χ2n) is 5.98. The zero-order valence-electron chi connectivity index (χ0n) is 11.8. The van der Waals surface area contributed by atoms with E-state index in [9.17, 15) is 0 Å². The largest absolute Gasteiger partial charge is 0.250 e. The summed E-state index contributed by atoms with van der Waals surface area (Å²) in [7, 11) is 0. The lowest BCUT2D eigenvalue weighted by Gasteiger charge is -2.34. The lowest BCUT2D eigenvalue weighted by Crippen LogP contribution is -2.30. The first-order chi connectivity index (χ1) is 9.42. The van der Waals surface area contributed by atoms with Gasteiger partial charge < -0.3 is 0 Å². The quantitative estimate of drug-likeness (QED) is 0.726. The molecule has 1 nitrogen and oxygen atoms in total. The summed E-state index contributed by atoms with van der Waals surface area (Å²) in [5.74, 6) is 0.796. The van der Waals surface area contributed by atoms with Crippen LogP contribution in [0.4, 0.5) is 0 Å². The van der Waals surface area contributed by atoms with E-state index in [1.165, 1.54) is 58.0 Å². The van der Waals surface area contributed by atoms with E-state index in [0.717, 1.165) is 11.2 Å². The number of benzene rings is 1. The van der Waals surface area contributed by atoms with Crippen LogP contribution in [0.15, 0.2) is 30.3 Å². The van der Waals surface area contributed by atoms with Crippen LogP contribution in [-0.2, 0) is 0 Å². The van der Waals surface area contributed by atoms with Gasteiger partial charge in [-0.05, 0) is 37.2 Å². The lowest BCUT2D eigenvalue weighted by molar-refractivity contribution is 0.342. The third kappa shape index (κ3) is 3.76. The molecule has 0 bridgehead atoms. The minimum absolute atomic E-state index is 0.796. The smallest absolute Gasteiger partial charge is 0.0195 e. The van der Waals surface area contributed by atoms with Crippen LogP contribution >= 0.6 is 11.9 Å². The van der Waals surface area contributed by atoms with Crippen molar-refractivity contribution < 1.29 is 0 Å². The normalized spacial score (nSPS) is 23.6. The Morgan fingerprint density at radius 2 is 1.53 bits per heavy atom. The average molecular weight is 275 g/mol. The summed E-state index contributed by atoms with van der Waals surface area (Å²) in [5, 5.41) is 0.919. The van der Waals surface area contributed by atoms with Crippen molar-refractivity contribution in [3.8, 4) is 0 Å². The Balaban J connectivity index is 1.46. The Labute approximate surface area is 121 Å². The zero-order chi connectivity index (χ0) is 12.9. The van der Waals surface area contributed by atoms with Gasteiger partial charge in [0.2, 0.25) is 0 Å². The molecular weight excluding hydrogens is 250 g/mol. The van der Waals surface area contributed by atoms with Gasteiger partial charge >= 0.3 is 0 Å². The molecule has 1 aliphatic heterocycles. The fourth-order valence-corrected chi connectivity index (χ4v) is 4.79. The topological polar surface area (TPSA) is 3.24 Å². The van der Waals surface area contributed by atoms with Gasteiger partial charge in [0.25, 0.3) is 0 Å². The standard InChI is InChI=1S/C17H25NS/c1-3-7-15(8-4-1)16-11-13-18(14-12-16)19-17-9-5-2-6-10-17/h1,3-4,7-8,16-17H,2,5-6,9-14H2. The molecular formula is C17H25NS. The molecule has 0 atom stereocenters. The average Bonchev–Trinajstić information content (AvgIpc) is 2.50. The van der Waals surface area contributed by atoms with Crippen molar-refractivity contribution in [1.82, 2.24) is 4.31 Å². The van der Waals surface area contributed by atoms with E-state index < -0.39 is 0 Å². The van der Waals surface area contributed by atoms with Crippen LogP contribution in [0.25, 0.3) is 0 Å². The van der Waals surface area contributed by atoms with Gasteiger partial charge in [-0.2, -0.15) is 0 Å². The molecule has 0 spiro atoms. The van der Waals surface area contributed by atoms with Gasteiger partial charge in [-0.25, -0.2) is 0 Å². The SMILES string of the molecule is c1ccc(C2CCN(SC3CCCCC3)CC2)cc1. The highest BCUT2D eigenvalue weighted by atomic mass is 32.2. The highest BCUT2D eigenvalue weighted by molar-refractivity contribution is 7.97. The van der Waals surface area contributed by atoms with Crippen molar-refractivity contribution in [3.63, 3.8) is 0 Å². The summed E-state index contributed by atoms with van der Waals surface area (Å²) in [4.78, 5) is 0. The van der Waals surface area contributed by atoms with E-state index in [2.05, 4.69) is 46.6 Å². The Hall–Kier alpha value is -0.470. The predicted octanol–water partition coefficient (Wildman–Crippen LogP) is 4.85. The monoisotopic (exact) mass is 275 g/mol. The van der Waals surface area contributed by atoms with E-state index in [4.69, 9.17) is 0 Å². The summed E-state index contributed by atoms with van der Waals surface area (Å²) in [6, 6.07) is 11.1. The molecule has 1 aromatic carbocycles. The fourth-order valence-electron chi connectivity index (χ4n) is 3.40. The molecule has 1 saturated heterocycles. The van der Waals surface area contributed by atoms with Crippen molar-refractivity contribution in [2.24, 2.45) is 0 Å². The first kappa shape index (κ1) is 13.5. The van der Waals surface area contributed by atoms with Crippen LogP contribution in [0, 0.1) is 0 Å². The van der Waals surface area contributed by atoms with Crippen LogP contribution in [0.3, 0.4) is 0 Å². The van der Waals surface area contributed by atoms with E-state index in [1.807, 2.05) is 0 Å². The van der Waals surface area contributed by atoms with Crippen molar-refractivity contribution in [2.45, 2.75) is 56.1 Å². The molecule has 2 aliphatic rings. The Bertz CT molecular complexity index is 364. The van der Waals surface area contributed by atoms with Gasteiger partial charge in [-0.15, -0.1) is 0 Å². The predicted molar refractivity (Wildman–Crippen MR) is 84.5 cm³/mol. The van der Waals surface area contributed by atoms with Crippen LogP contribution < -0.4 is 0 Å². The van der Waals surface area contributed by atoms with E-state index >= 15 is 0 Å². The Morgan fingerprint density at radius 1 is 0.842 bits per heavy atom. The van der Waals surface area contributed by atoms with Gasteiger partial charge in [-0.1, -0.05) is 61.5 Å².